The molecule has 0 aromatic heterocycles. The van der Waals surface area contributed by atoms with Crippen LogP contribution in [0.1, 0.15) is 23.2 Å². The summed E-state index contributed by atoms with van der Waals surface area (Å²) in [6.07, 6.45) is 0.866. The van der Waals surface area contributed by atoms with E-state index in [0.29, 0.717) is 29.2 Å². The zero-order valence-electron chi connectivity index (χ0n) is 10.3. The maximum absolute atomic E-state index is 13.7. The van der Waals surface area contributed by atoms with Crippen LogP contribution in [0.2, 0.25) is 0 Å². The van der Waals surface area contributed by atoms with Gasteiger partial charge in [0.2, 0.25) is 0 Å². The molecule has 0 aliphatic heterocycles. The summed E-state index contributed by atoms with van der Waals surface area (Å²) in [5, 5.41) is 13.1. The van der Waals surface area contributed by atoms with E-state index in [4.69, 9.17) is 0 Å². The van der Waals surface area contributed by atoms with Gasteiger partial charge in [0.05, 0.1) is 6.10 Å². The lowest BCUT2D eigenvalue weighted by molar-refractivity contribution is 0.0563. The molecule has 0 atom stereocenters. The van der Waals surface area contributed by atoms with Crippen molar-refractivity contribution in [1.29, 1.82) is 0 Å². The number of rotatable bonds is 2. The molecule has 4 heteroatoms. The molecule has 0 saturated heterocycles. The average Bonchev–Trinajstić information content (AvgIpc) is 2.37. The summed E-state index contributed by atoms with van der Waals surface area (Å²) in [6, 6.07) is 9.76. The zero-order chi connectivity index (χ0) is 13.4. The highest BCUT2D eigenvalue weighted by molar-refractivity contribution is 6.07. The third kappa shape index (κ3) is 2.19. The lowest BCUT2D eigenvalue weighted by Gasteiger charge is -2.32. The second-order valence-corrected chi connectivity index (χ2v) is 4.94. The molecule has 1 fully saturated rings. The minimum absolute atomic E-state index is 0.0197. The van der Waals surface area contributed by atoms with Gasteiger partial charge in [-0.1, -0.05) is 24.3 Å². The zero-order valence-corrected chi connectivity index (χ0v) is 10.3. The lowest BCUT2D eigenvalue weighted by atomic mass is 9.89. The van der Waals surface area contributed by atoms with Crippen molar-refractivity contribution in [2.24, 2.45) is 0 Å². The minimum Gasteiger partial charge on any atom is -0.393 e. The fourth-order valence-corrected chi connectivity index (χ4v) is 2.43. The van der Waals surface area contributed by atoms with E-state index in [9.17, 15) is 14.3 Å². The number of amides is 1. The molecule has 2 N–H and O–H groups in total. The predicted molar refractivity (Wildman–Crippen MR) is 70.4 cm³/mol. The van der Waals surface area contributed by atoms with E-state index in [1.807, 2.05) is 0 Å². The average molecular weight is 259 g/mol. The molecule has 1 amide bonds. The highest BCUT2D eigenvalue weighted by atomic mass is 19.1. The Bertz CT molecular complexity index is 635. The van der Waals surface area contributed by atoms with Crippen LogP contribution in [0.15, 0.2) is 36.4 Å². The summed E-state index contributed by atoms with van der Waals surface area (Å²) in [4.78, 5) is 12.2. The van der Waals surface area contributed by atoms with Gasteiger partial charge in [-0.05, 0) is 30.4 Å². The summed E-state index contributed by atoms with van der Waals surface area (Å²) < 4.78 is 13.7. The largest absolute Gasteiger partial charge is 0.393 e. The van der Waals surface area contributed by atoms with Crippen LogP contribution in [0.5, 0.6) is 0 Å². The standard InChI is InChI=1S/C15H14FNO2/c16-14-6-5-13(11-3-1-2-4-12(11)14)15(19)17-9-7-10(18)8-9/h1-6,9-10,18H,7-8H2,(H,17,19). The smallest absolute Gasteiger partial charge is 0.252 e. The van der Waals surface area contributed by atoms with Crippen LogP contribution in [0.25, 0.3) is 10.8 Å². The Hall–Kier alpha value is -1.94. The molecule has 98 valence electrons. The number of nitrogens with one attached hydrogen (secondary N) is 1. The SMILES string of the molecule is O=C(NC1CC(O)C1)c1ccc(F)c2ccccc12. The first kappa shape index (κ1) is 12.1. The number of carbonyl (C=O) groups is 1. The van der Waals surface area contributed by atoms with E-state index >= 15 is 0 Å². The second-order valence-electron chi connectivity index (χ2n) is 4.94. The Morgan fingerprint density at radius 2 is 1.84 bits per heavy atom. The number of benzene rings is 2. The molecular formula is C15H14FNO2. The number of carbonyl (C=O) groups excluding carboxylic acids is 1. The van der Waals surface area contributed by atoms with Crippen molar-refractivity contribution in [2.75, 3.05) is 0 Å². The Kier molecular flexibility index (Phi) is 2.95. The van der Waals surface area contributed by atoms with E-state index in [0.717, 1.165) is 0 Å². The number of aliphatic hydroxyl groups is 1. The van der Waals surface area contributed by atoms with Crippen molar-refractivity contribution in [3.05, 3.63) is 47.8 Å². The van der Waals surface area contributed by atoms with Crippen LogP contribution in [0.3, 0.4) is 0 Å². The van der Waals surface area contributed by atoms with Gasteiger partial charge < -0.3 is 10.4 Å². The monoisotopic (exact) mass is 259 g/mol. The van der Waals surface area contributed by atoms with E-state index in [2.05, 4.69) is 5.32 Å². The Labute approximate surface area is 110 Å². The van der Waals surface area contributed by atoms with Crippen molar-refractivity contribution in [2.45, 2.75) is 25.0 Å². The number of fused-ring (bicyclic) bond motifs is 1. The first-order chi connectivity index (χ1) is 9.15. The van der Waals surface area contributed by atoms with Gasteiger partial charge >= 0.3 is 0 Å². The molecule has 3 nitrogen and oxygen atoms in total. The van der Waals surface area contributed by atoms with Gasteiger partial charge in [-0.3, -0.25) is 4.79 Å². The molecule has 19 heavy (non-hydrogen) atoms. The number of halogens is 1. The molecule has 2 aromatic carbocycles. The van der Waals surface area contributed by atoms with Crippen molar-refractivity contribution >= 4 is 16.7 Å². The molecule has 3 rings (SSSR count). The highest BCUT2D eigenvalue weighted by Crippen LogP contribution is 2.24. The highest BCUT2D eigenvalue weighted by Gasteiger charge is 2.29. The third-order valence-electron chi connectivity index (χ3n) is 3.56. The third-order valence-corrected chi connectivity index (χ3v) is 3.56. The van der Waals surface area contributed by atoms with Gasteiger partial charge in [-0.2, -0.15) is 0 Å². The summed E-state index contributed by atoms with van der Waals surface area (Å²) >= 11 is 0. The molecule has 1 aliphatic carbocycles. The first-order valence-electron chi connectivity index (χ1n) is 6.31. The van der Waals surface area contributed by atoms with Gasteiger partial charge in [-0.25, -0.2) is 4.39 Å². The van der Waals surface area contributed by atoms with E-state index in [-0.39, 0.29) is 23.9 Å². The van der Waals surface area contributed by atoms with Crippen LogP contribution in [-0.2, 0) is 0 Å². The number of aliphatic hydroxyl groups excluding tert-OH is 1. The molecule has 1 aliphatic rings. The molecule has 0 bridgehead atoms. The van der Waals surface area contributed by atoms with Crippen LogP contribution < -0.4 is 5.32 Å². The van der Waals surface area contributed by atoms with E-state index in [1.165, 1.54) is 12.1 Å². The summed E-state index contributed by atoms with van der Waals surface area (Å²) in [6.45, 7) is 0. The maximum Gasteiger partial charge on any atom is 0.252 e. The van der Waals surface area contributed by atoms with Gasteiger partial charge in [-0.15, -0.1) is 0 Å². The van der Waals surface area contributed by atoms with E-state index < -0.39 is 0 Å². The van der Waals surface area contributed by atoms with E-state index in [1.54, 1.807) is 24.3 Å². The fourth-order valence-electron chi connectivity index (χ4n) is 2.43. The van der Waals surface area contributed by atoms with Gasteiger partial charge in [0.15, 0.2) is 0 Å². The van der Waals surface area contributed by atoms with Crippen LogP contribution in [0, 0.1) is 5.82 Å². The molecule has 2 aromatic rings. The van der Waals surface area contributed by atoms with Crippen molar-refractivity contribution in [3.63, 3.8) is 0 Å². The molecule has 0 radical (unpaired) electrons. The molecule has 0 spiro atoms. The minimum atomic E-state index is -0.328. The van der Waals surface area contributed by atoms with Gasteiger partial charge in [0.25, 0.3) is 5.91 Å². The van der Waals surface area contributed by atoms with Crippen molar-refractivity contribution in [3.8, 4) is 0 Å². The van der Waals surface area contributed by atoms with Crippen LogP contribution >= 0.6 is 0 Å². The van der Waals surface area contributed by atoms with Gasteiger partial charge in [0, 0.05) is 17.0 Å². The lowest BCUT2D eigenvalue weighted by Crippen LogP contribution is -2.46. The first-order valence-corrected chi connectivity index (χ1v) is 6.31. The topological polar surface area (TPSA) is 49.3 Å². The predicted octanol–water partition coefficient (Wildman–Crippen LogP) is 2.23. The van der Waals surface area contributed by atoms with Crippen molar-refractivity contribution < 1.29 is 14.3 Å². The van der Waals surface area contributed by atoms with Gasteiger partial charge in [0.1, 0.15) is 5.82 Å². The number of hydrogen-bond acceptors (Lipinski definition) is 2. The second kappa shape index (κ2) is 4.63. The molecule has 0 unspecified atom stereocenters. The Balaban J connectivity index is 1.92. The molecule has 0 heterocycles. The normalized spacial score (nSPS) is 22.0. The molecular weight excluding hydrogens is 245 g/mol. The Morgan fingerprint density at radius 3 is 2.53 bits per heavy atom. The molecule has 1 saturated carbocycles. The number of hydrogen-bond donors (Lipinski definition) is 2. The Morgan fingerprint density at radius 1 is 1.16 bits per heavy atom. The van der Waals surface area contributed by atoms with Crippen molar-refractivity contribution in [1.82, 2.24) is 5.32 Å². The van der Waals surface area contributed by atoms with Crippen LogP contribution in [0.4, 0.5) is 4.39 Å². The van der Waals surface area contributed by atoms with Crippen LogP contribution in [-0.4, -0.2) is 23.2 Å². The quantitative estimate of drug-likeness (QED) is 0.869. The summed E-state index contributed by atoms with van der Waals surface area (Å²) in [5.74, 6) is -0.542. The summed E-state index contributed by atoms with van der Waals surface area (Å²) in [5.41, 5.74) is 0.471. The maximum atomic E-state index is 13.7. The summed E-state index contributed by atoms with van der Waals surface area (Å²) in [7, 11) is 0. The fraction of sp³-hybridized carbons (Fsp3) is 0.267.